The first-order chi connectivity index (χ1) is 9.06. The first kappa shape index (κ1) is 14.7. The predicted octanol–water partition coefficient (Wildman–Crippen LogP) is 4.39. The first-order valence-corrected chi connectivity index (χ1v) is 8.07. The summed E-state index contributed by atoms with van der Waals surface area (Å²) in [4.78, 5) is 4.56. The Hall–Kier alpha value is -0.680. The number of halogens is 1. The van der Waals surface area contributed by atoms with Crippen molar-refractivity contribution in [3.05, 3.63) is 22.7 Å². The van der Waals surface area contributed by atoms with Crippen molar-refractivity contribution in [3.8, 4) is 5.75 Å². The topological polar surface area (TPSA) is 33.6 Å². The van der Waals surface area contributed by atoms with E-state index >= 15 is 0 Å². The highest BCUT2D eigenvalue weighted by Gasteiger charge is 2.20. The fraction of sp³-hybridized carbons (Fsp3) is 0.500. The third-order valence-corrected chi connectivity index (χ3v) is 4.40. The molecular weight excluding hydrogens is 324 g/mol. The van der Waals surface area contributed by atoms with E-state index in [1.807, 2.05) is 30.0 Å². The number of hydrogen-bond acceptors (Lipinski definition) is 4. The van der Waals surface area contributed by atoms with Gasteiger partial charge in [0.05, 0.1) is 13.7 Å². The van der Waals surface area contributed by atoms with Gasteiger partial charge in [-0.2, -0.15) is 0 Å². The van der Waals surface area contributed by atoms with Gasteiger partial charge in [-0.05, 0) is 24.5 Å². The summed E-state index contributed by atoms with van der Waals surface area (Å²) in [5, 5.41) is 4.98. The molecule has 1 N–H and O–H groups in total. The Morgan fingerprint density at radius 2 is 2.26 bits per heavy atom. The number of ether oxygens (including phenoxy) is 1. The highest BCUT2D eigenvalue weighted by molar-refractivity contribution is 9.10. The number of hydrogen-bond donors (Lipinski definition) is 1. The van der Waals surface area contributed by atoms with E-state index in [1.165, 1.54) is 6.42 Å². The average Bonchev–Trinajstić information content (AvgIpc) is 2.74. The average molecular weight is 343 g/mol. The monoisotopic (exact) mass is 342 g/mol. The van der Waals surface area contributed by atoms with Crippen molar-refractivity contribution < 1.29 is 4.74 Å². The molecule has 0 aromatic heterocycles. The number of nitrogens with zero attached hydrogens (tertiary/aromatic N) is 1. The number of benzene rings is 1. The van der Waals surface area contributed by atoms with E-state index in [9.17, 15) is 0 Å². The Morgan fingerprint density at radius 1 is 1.47 bits per heavy atom. The van der Waals surface area contributed by atoms with E-state index in [2.05, 4.69) is 40.1 Å². The quantitative estimate of drug-likeness (QED) is 0.880. The Morgan fingerprint density at radius 3 is 2.95 bits per heavy atom. The number of nitrogens with one attached hydrogen (secondary N) is 1. The molecule has 0 fully saturated rings. The lowest BCUT2D eigenvalue weighted by Crippen LogP contribution is -2.09. The molecular formula is C14H19BrN2OS. The minimum absolute atomic E-state index is 0.608. The van der Waals surface area contributed by atoms with Gasteiger partial charge in [0.1, 0.15) is 5.75 Å². The molecule has 0 bridgehead atoms. The smallest absolute Gasteiger partial charge is 0.161 e. The summed E-state index contributed by atoms with van der Waals surface area (Å²) in [6.07, 6.45) is 1.21. The molecule has 0 aliphatic carbocycles. The van der Waals surface area contributed by atoms with E-state index in [1.54, 1.807) is 7.11 Å². The van der Waals surface area contributed by atoms with Crippen molar-refractivity contribution in [3.63, 3.8) is 0 Å². The normalized spacial score (nSPS) is 18.6. The van der Waals surface area contributed by atoms with Crippen molar-refractivity contribution in [2.24, 2.45) is 10.9 Å². The lowest BCUT2D eigenvalue weighted by molar-refractivity contribution is 0.415. The molecule has 104 valence electrons. The molecule has 3 nitrogen and oxygen atoms in total. The molecule has 1 aromatic carbocycles. The van der Waals surface area contributed by atoms with Crippen LogP contribution in [-0.2, 0) is 0 Å². The van der Waals surface area contributed by atoms with Crippen LogP contribution >= 0.6 is 27.7 Å². The van der Waals surface area contributed by atoms with Crippen molar-refractivity contribution >= 4 is 38.5 Å². The van der Waals surface area contributed by atoms with Gasteiger partial charge in [-0.1, -0.05) is 41.5 Å². The summed E-state index contributed by atoms with van der Waals surface area (Å²) in [6, 6.07) is 5.95. The molecule has 1 unspecified atom stereocenters. The number of anilines is 1. The Labute approximate surface area is 127 Å². The summed E-state index contributed by atoms with van der Waals surface area (Å²) in [6.45, 7) is 5.42. The maximum atomic E-state index is 5.26. The molecule has 0 amide bonds. The van der Waals surface area contributed by atoms with Crippen molar-refractivity contribution in [1.82, 2.24) is 0 Å². The van der Waals surface area contributed by atoms with Gasteiger partial charge in [0, 0.05) is 21.5 Å². The lowest BCUT2D eigenvalue weighted by Gasteiger charge is -2.12. The van der Waals surface area contributed by atoms with Crippen LogP contribution < -0.4 is 10.1 Å². The fourth-order valence-corrected chi connectivity index (χ4v) is 3.75. The van der Waals surface area contributed by atoms with Crippen LogP contribution in [0.15, 0.2) is 27.7 Å². The van der Waals surface area contributed by atoms with Gasteiger partial charge in [0.25, 0.3) is 0 Å². The zero-order chi connectivity index (χ0) is 13.8. The van der Waals surface area contributed by atoms with Gasteiger partial charge >= 0.3 is 0 Å². The molecule has 0 saturated carbocycles. The second-order valence-corrected chi connectivity index (χ2v) is 7.22. The molecule has 5 heteroatoms. The highest BCUT2D eigenvalue weighted by atomic mass is 79.9. The summed E-state index contributed by atoms with van der Waals surface area (Å²) in [5.41, 5.74) is 1.00. The molecule has 1 atom stereocenters. The Kier molecular flexibility index (Phi) is 5.16. The van der Waals surface area contributed by atoms with Gasteiger partial charge < -0.3 is 10.1 Å². The van der Waals surface area contributed by atoms with Crippen LogP contribution in [0.1, 0.15) is 20.3 Å². The first-order valence-electron chi connectivity index (χ1n) is 6.39. The molecule has 1 heterocycles. The summed E-state index contributed by atoms with van der Waals surface area (Å²) < 4.78 is 6.25. The van der Waals surface area contributed by atoms with E-state index in [-0.39, 0.29) is 0 Å². The maximum Gasteiger partial charge on any atom is 0.161 e. The molecule has 0 radical (unpaired) electrons. The van der Waals surface area contributed by atoms with Crippen LogP contribution in [-0.4, -0.2) is 24.1 Å². The molecule has 2 rings (SSSR count). The minimum Gasteiger partial charge on any atom is -0.497 e. The van der Waals surface area contributed by atoms with Gasteiger partial charge in [-0.25, -0.2) is 0 Å². The number of rotatable bonds is 4. The zero-order valence-corrected chi connectivity index (χ0v) is 13.8. The molecule has 1 aliphatic heterocycles. The standard InChI is InChI=1S/C14H19BrN2OS/c1-9(2)4-13-8-16-14(19-13)17-11-5-10(15)6-12(7-11)18-3/h5-7,9,13H,4,8H2,1-3H3,(H,16,17). The van der Waals surface area contributed by atoms with Crippen LogP contribution in [0, 0.1) is 5.92 Å². The predicted molar refractivity (Wildman–Crippen MR) is 87.5 cm³/mol. The van der Waals surface area contributed by atoms with Crippen molar-refractivity contribution in [1.29, 1.82) is 0 Å². The summed E-state index contributed by atoms with van der Waals surface area (Å²) in [7, 11) is 1.67. The van der Waals surface area contributed by atoms with Gasteiger partial charge in [0.2, 0.25) is 0 Å². The second kappa shape index (κ2) is 6.66. The van der Waals surface area contributed by atoms with Crippen molar-refractivity contribution in [2.45, 2.75) is 25.5 Å². The van der Waals surface area contributed by atoms with Crippen LogP contribution in [0.2, 0.25) is 0 Å². The number of thioether (sulfide) groups is 1. The van der Waals surface area contributed by atoms with Crippen LogP contribution in [0.5, 0.6) is 5.75 Å². The third-order valence-electron chi connectivity index (χ3n) is 2.81. The SMILES string of the molecule is COc1cc(Br)cc(NC2=NCC(CC(C)C)S2)c1. The number of amidine groups is 1. The van der Waals surface area contributed by atoms with Crippen LogP contribution in [0.3, 0.4) is 0 Å². The van der Waals surface area contributed by atoms with Crippen molar-refractivity contribution in [2.75, 3.05) is 19.0 Å². The van der Waals surface area contributed by atoms with Gasteiger partial charge in [0.15, 0.2) is 5.17 Å². The Bertz CT molecular complexity index is 477. The van der Waals surface area contributed by atoms with Gasteiger partial charge in [-0.3, -0.25) is 4.99 Å². The largest absolute Gasteiger partial charge is 0.497 e. The molecule has 0 saturated heterocycles. The van der Waals surface area contributed by atoms with Crippen LogP contribution in [0.4, 0.5) is 5.69 Å². The lowest BCUT2D eigenvalue weighted by atomic mass is 10.1. The third kappa shape index (κ3) is 4.42. The number of aliphatic imine (C=N–C) groups is 1. The van der Waals surface area contributed by atoms with E-state index in [4.69, 9.17) is 4.74 Å². The second-order valence-electron chi connectivity index (χ2n) is 5.02. The molecule has 1 aromatic rings. The maximum absolute atomic E-state index is 5.26. The van der Waals surface area contributed by atoms with Gasteiger partial charge in [-0.15, -0.1) is 0 Å². The minimum atomic E-state index is 0.608. The zero-order valence-electron chi connectivity index (χ0n) is 11.4. The molecule has 1 aliphatic rings. The molecule has 0 spiro atoms. The van der Waals surface area contributed by atoms with E-state index < -0.39 is 0 Å². The fourth-order valence-electron chi connectivity index (χ4n) is 2.01. The molecule has 19 heavy (non-hydrogen) atoms. The number of methoxy groups -OCH3 is 1. The summed E-state index contributed by atoms with van der Waals surface area (Å²) >= 11 is 5.32. The van der Waals surface area contributed by atoms with E-state index in [0.717, 1.165) is 33.5 Å². The van der Waals surface area contributed by atoms with E-state index in [0.29, 0.717) is 5.25 Å². The highest BCUT2D eigenvalue weighted by Crippen LogP contribution is 2.29. The Balaban J connectivity index is 1.97. The summed E-state index contributed by atoms with van der Waals surface area (Å²) in [5.74, 6) is 1.55. The van der Waals surface area contributed by atoms with Crippen LogP contribution in [0.25, 0.3) is 0 Å².